The SMILES string of the molecule is CC(C)(C)CC(C(=O)O)c1cc2ccccc2cc1OCc1ccccc1. The molecule has 0 bridgehead atoms. The molecule has 0 radical (unpaired) electrons. The third-order valence-electron chi connectivity index (χ3n) is 4.61. The number of ether oxygens (including phenoxy) is 1. The Kier molecular flexibility index (Phi) is 5.50. The molecule has 0 aliphatic heterocycles. The number of carboxylic acid groups (broad SMARTS) is 1. The summed E-state index contributed by atoms with van der Waals surface area (Å²) in [6, 6.07) is 21.8. The van der Waals surface area contributed by atoms with Gasteiger partial charge in [0.15, 0.2) is 0 Å². The molecule has 1 unspecified atom stereocenters. The Balaban J connectivity index is 2.03. The number of fused-ring (bicyclic) bond motifs is 1. The summed E-state index contributed by atoms with van der Waals surface area (Å²) >= 11 is 0. The van der Waals surface area contributed by atoms with Gasteiger partial charge in [0.25, 0.3) is 0 Å². The van der Waals surface area contributed by atoms with Crippen molar-refractivity contribution in [3.05, 3.63) is 77.9 Å². The van der Waals surface area contributed by atoms with Crippen LogP contribution >= 0.6 is 0 Å². The Labute approximate surface area is 160 Å². The van der Waals surface area contributed by atoms with Crippen LogP contribution in [-0.2, 0) is 11.4 Å². The second kappa shape index (κ2) is 7.83. The second-order valence-corrected chi connectivity index (χ2v) is 8.17. The standard InChI is InChI=1S/C24H26O3/c1-24(2,3)15-21(23(25)26)20-13-18-11-7-8-12-19(18)14-22(20)27-16-17-9-5-4-6-10-17/h4-14,21H,15-16H2,1-3H3,(H,25,26). The molecule has 1 atom stereocenters. The highest BCUT2D eigenvalue weighted by atomic mass is 16.5. The van der Waals surface area contributed by atoms with Crippen molar-refractivity contribution in [1.82, 2.24) is 0 Å². The zero-order valence-electron chi connectivity index (χ0n) is 16.1. The maximum absolute atomic E-state index is 12.1. The van der Waals surface area contributed by atoms with Crippen LogP contribution in [-0.4, -0.2) is 11.1 Å². The van der Waals surface area contributed by atoms with Crippen LogP contribution in [0.15, 0.2) is 66.7 Å². The van der Waals surface area contributed by atoms with Crippen molar-refractivity contribution in [3.63, 3.8) is 0 Å². The number of rotatable bonds is 6. The first kappa shape index (κ1) is 19.0. The van der Waals surface area contributed by atoms with Crippen molar-refractivity contribution in [2.75, 3.05) is 0 Å². The van der Waals surface area contributed by atoms with Crippen molar-refractivity contribution in [1.29, 1.82) is 0 Å². The zero-order valence-corrected chi connectivity index (χ0v) is 16.1. The lowest BCUT2D eigenvalue weighted by molar-refractivity contribution is -0.139. The predicted molar refractivity (Wildman–Crippen MR) is 109 cm³/mol. The number of aliphatic carboxylic acids is 1. The normalized spacial score (nSPS) is 12.7. The fourth-order valence-electron chi connectivity index (χ4n) is 3.31. The summed E-state index contributed by atoms with van der Waals surface area (Å²) in [6.07, 6.45) is 0.544. The van der Waals surface area contributed by atoms with Gasteiger partial charge in [-0.2, -0.15) is 0 Å². The first-order valence-electron chi connectivity index (χ1n) is 9.26. The number of benzene rings is 3. The molecule has 3 heteroatoms. The van der Waals surface area contributed by atoms with Crippen molar-refractivity contribution in [2.24, 2.45) is 5.41 Å². The van der Waals surface area contributed by atoms with Crippen LogP contribution in [0.3, 0.4) is 0 Å². The second-order valence-electron chi connectivity index (χ2n) is 8.17. The molecular formula is C24H26O3. The third kappa shape index (κ3) is 4.88. The summed E-state index contributed by atoms with van der Waals surface area (Å²) < 4.78 is 6.11. The molecule has 3 nitrogen and oxygen atoms in total. The van der Waals surface area contributed by atoms with Crippen LogP contribution < -0.4 is 4.74 Å². The van der Waals surface area contributed by atoms with E-state index < -0.39 is 11.9 Å². The van der Waals surface area contributed by atoms with Crippen molar-refractivity contribution in [2.45, 2.75) is 39.7 Å². The van der Waals surface area contributed by atoms with Gasteiger partial charge < -0.3 is 9.84 Å². The summed E-state index contributed by atoms with van der Waals surface area (Å²) in [7, 11) is 0. The van der Waals surface area contributed by atoms with E-state index >= 15 is 0 Å². The molecule has 0 heterocycles. The molecule has 3 rings (SSSR count). The Morgan fingerprint density at radius 3 is 2.15 bits per heavy atom. The molecular weight excluding hydrogens is 336 g/mol. The molecule has 0 aliphatic carbocycles. The van der Waals surface area contributed by atoms with Gasteiger partial charge in [-0.3, -0.25) is 4.79 Å². The van der Waals surface area contributed by atoms with E-state index in [1.54, 1.807) is 0 Å². The summed E-state index contributed by atoms with van der Waals surface area (Å²) in [6.45, 7) is 6.60. The van der Waals surface area contributed by atoms with E-state index in [0.29, 0.717) is 18.8 Å². The van der Waals surface area contributed by atoms with Crippen molar-refractivity contribution >= 4 is 16.7 Å². The van der Waals surface area contributed by atoms with E-state index in [1.165, 1.54) is 0 Å². The highest BCUT2D eigenvalue weighted by Gasteiger charge is 2.29. The van der Waals surface area contributed by atoms with Gasteiger partial charge in [-0.05, 0) is 40.3 Å². The predicted octanol–water partition coefficient (Wildman–Crippen LogP) is 6.02. The summed E-state index contributed by atoms with van der Waals surface area (Å²) in [5.74, 6) is -0.778. The minimum absolute atomic E-state index is 0.106. The number of hydrogen-bond acceptors (Lipinski definition) is 2. The first-order chi connectivity index (χ1) is 12.8. The van der Waals surface area contributed by atoms with Gasteiger partial charge in [0.05, 0.1) is 5.92 Å². The average molecular weight is 362 g/mol. The lowest BCUT2D eigenvalue weighted by Crippen LogP contribution is -2.20. The zero-order chi connectivity index (χ0) is 19.4. The highest BCUT2D eigenvalue weighted by Crippen LogP contribution is 2.38. The molecule has 1 N–H and O–H groups in total. The molecule has 0 spiro atoms. The van der Waals surface area contributed by atoms with Crippen LogP contribution in [0.4, 0.5) is 0 Å². The molecule has 0 fully saturated rings. The number of hydrogen-bond donors (Lipinski definition) is 1. The minimum Gasteiger partial charge on any atom is -0.489 e. The first-order valence-corrected chi connectivity index (χ1v) is 9.26. The molecule has 0 amide bonds. The molecule has 0 aliphatic rings. The summed E-state index contributed by atoms with van der Waals surface area (Å²) in [5, 5.41) is 12.0. The van der Waals surface area contributed by atoms with Gasteiger partial charge in [-0.15, -0.1) is 0 Å². The largest absolute Gasteiger partial charge is 0.489 e. The smallest absolute Gasteiger partial charge is 0.311 e. The van der Waals surface area contributed by atoms with Gasteiger partial charge in [0.2, 0.25) is 0 Å². The van der Waals surface area contributed by atoms with Gasteiger partial charge in [-0.25, -0.2) is 0 Å². The molecule has 0 saturated heterocycles. The van der Waals surface area contributed by atoms with Gasteiger partial charge >= 0.3 is 5.97 Å². The highest BCUT2D eigenvalue weighted by molar-refractivity contribution is 5.87. The van der Waals surface area contributed by atoms with E-state index in [1.807, 2.05) is 66.7 Å². The molecule has 0 aromatic heterocycles. The van der Waals surface area contributed by atoms with E-state index in [9.17, 15) is 9.90 Å². The monoisotopic (exact) mass is 362 g/mol. The molecule has 27 heavy (non-hydrogen) atoms. The van der Waals surface area contributed by atoms with Crippen molar-refractivity contribution in [3.8, 4) is 5.75 Å². The Bertz CT molecular complexity index is 923. The minimum atomic E-state index is -0.815. The molecule has 3 aromatic carbocycles. The Morgan fingerprint density at radius 1 is 0.963 bits per heavy atom. The topological polar surface area (TPSA) is 46.5 Å². The van der Waals surface area contributed by atoms with Crippen LogP contribution in [0.1, 0.15) is 44.2 Å². The maximum atomic E-state index is 12.1. The van der Waals surface area contributed by atoms with Gasteiger partial charge in [-0.1, -0.05) is 75.4 Å². The lowest BCUT2D eigenvalue weighted by atomic mass is 9.80. The van der Waals surface area contributed by atoms with Gasteiger partial charge in [0, 0.05) is 5.56 Å². The maximum Gasteiger partial charge on any atom is 0.311 e. The van der Waals surface area contributed by atoms with E-state index in [4.69, 9.17) is 4.74 Å². The number of carboxylic acids is 1. The molecule has 3 aromatic rings. The van der Waals surface area contributed by atoms with E-state index in [-0.39, 0.29) is 5.41 Å². The lowest BCUT2D eigenvalue weighted by Gasteiger charge is -2.25. The number of carbonyl (C=O) groups is 1. The fourth-order valence-corrected chi connectivity index (χ4v) is 3.31. The quantitative estimate of drug-likeness (QED) is 0.583. The Morgan fingerprint density at radius 2 is 1.56 bits per heavy atom. The summed E-state index contributed by atoms with van der Waals surface area (Å²) in [5.41, 5.74) is 1.69. The molecule has 0 saturated carbocycles. The van der Waals surface area contributed by atoms with Crippen molar-refractivity contribution < 1.29 is 14.6 Å². The van der Waals surface area contributed by atoms with Crippen LogP contribution in [0, 0.1) is 5.41 Å². The summed E-state index contributed by atoms with van der Waals surface area (Å²) in [4.78, 5) is 12.1. The third-order valence-corrected chi connectivity index (χ3v) is 4.61. The van der Waals surface area contributed by atoms with Crippen LogP contribution in [0.5, 0.6) is 5.75 Å². The Hall–Kier alpha value is -2.81. The van der Waals surface area contributed by atoms with E-state index in [0.717, 1.165) is 21.9 Å². The van der Waals surface area contributed by atoms with Crippen LogP contribution in [0.25, 0.3) is 10.8 Å². The molecule has 140 valence electrons. The van der Waals surface area contributed by atoms with Crippen LogP contribution in [0.2, 0.25) is 0 Å². The average Bonchev–Trinajstić information content (AvgIpc) is 2.63. The van der Waals surface area contributed by atoms with Gasteiger partial charge in [0.1, 0.15) is 12.4 Å². The van der Waals surface area contributed by atoms with E-state index in [2.05, 4.69) is 20.8 Å². The fraction of sp³-hybridized carbons (Fsp3) is 0.292.